The quantitative estimate of drug-likeness (QED) is 0.224. The third-order valence-corrected chi connectivity index (χ3v) is 7.59. The van der Waals surface area contributed by atoms with Gasteiger partial charge in [0.1, 0.15) is 17.9 Å². The Labute approximate surface area is 219 Å². The number of hydrogen-bond donors (Lipinski definition) is 5. The molecule has 0 radical (unpaired) electrons. The van der Waals surface area contributed by atoms with Gasteiger partial charge in [-0.2, -0.15) is 4.72 Å². The summed E-state index contributed by atoms with van der Waals surface area (Å²) in [6.07, 6.45) is -2.85. The fourth-order valence-corrected chi connectivity index (χ4v) is 5.54. The highest BCUT2D eigenvalue weighted by atomic mass is 32.2. The van der Waals surface area contributed by atoms with Crippen molar-refractivity contribution in [3.05, 3.63) is 64.6 Å². The second kappa shape index (κ2) is 11.7. The van der Waals surface area contributed by atoms with Crippen molar-refractivity contribution in [2.75, 3.05) is 19.8 Å². The zero-order valence-electron chi connectivity index (χ0n) is 21.1. The second-order valence-corrected chi connectivity index (χ2v) is 11.1. The number of carbonyl (C=O) groups is 1. The topological polar surface area (TPSA) is 172 Å². The maximum Gasteiger partial charge on any atom is 0.409 e. The first kappa shape index (κ1) is 27.8. The van der Waals surface area contributed by atoms with E-state index in [4.69, 9.17) is 14.2 Å². The largest absolute Gasteiger partial charge is 0.444 e. The van der Waals surface area contributed by atoms with Crippen LogP contribution >= 0.6 is 0 Å². The second-order valence-electron chi connectivity index (χ2n) is 9.44. The van der Waals surface area contributed by atoms with E-state index < -0.39 is 39.7 Å². The third-order valence-electron chi connectivity index (χ3n) is 6.08. The molecule has 2 aromatic carbocycles. The van der Waals surface area contributed by atoms with Crippen LogP contribution in [0.2, 0.25) is 0 Å². The van der Waals surface area contributed by atoms with E-state index in [1.54, 1.807) is 44.2 Å². The molecule has 1 aliphatic rings. The van der Waals surface area contributed by atoms with Gasteiger partial charge >= 0.3 is 11.8 Å². The normalized spacial score (nSPS) is 18.4. The lowest BCUT2D eigenvalue weighted by Crippen LogP contribution is -2.69. The average Bonchev–Trinajstić information content (AvgIpc) is 3.50. The van der Waals surface area contributed by atoms with E-state index in [2.05, 4.69) is 20.0 Å². The number of aliphatic hydroxyl groups excluding tert-OH is 1. The molecule has 1 aromatic heterocycles. The summed E-state index contributed by atoms with van der Waals surface area (Å²) >= 11 is 0. The number of H-pyrrole nitrogens is 2. The Bertz CT molecular complexity index is 1400. The first-order valence-corrected chi connectivity index (χ1v) is 13.7. The molecule has 1 saturated heterocycles. The summed E-state index contributed by atoms with van der Waals surface area (Å²) in [5, 5.41) is 14.0. The van der Waals surface area contributed by atoms with E-state index in [1.165, 1.54) is 18.2 Å². The Balaban J connectivity index is 1.73. The van der Waals surface area contributed by atoms with Crippen LogP contribution in [0.25, 0.3) is 11.0 Å². The molecule has 206 valence electrons. The van der Waals surface area contributed by atoms with Gasteiger partial charge in [-0.1, -0.05) is 30.3 Å². The molecule has 12 nitrogen and oxygen atoms in total. The number of sulfonamides is 1. The first-order chi connectivity index (χ1) is 18.1. The van der Waals surface area contributed by atoms with Gasteiger partial charge in [0.15, 0.2) is 0 Å². The number of alkyl carbamates (subject to hydrolysis) is 1. The number of fused-ring (bicyclic) bond motifs is 1. The molecule has 1 fully saturated rings. The molecule has 3 aromatic rings. The highest BCUT2D eigenvalue weighted by Gasteiger charge is 2.45. The fourth-order valence-electron chi connectivity index (χ4n) is 4.16. The minimum Gasteiger partial charge on any atom is -0.444 e. The van der Waals surface area contributed by atoms with Crippen LogP contribution in [0.15, 0.2) is 58.2 Å². The van der Waals surface area contributed by atoms with E-state index in [9.17, 15) is 23.1 Å². The number of rotatable bonds is 11. The van der Waals surface area contributed by atoms with Gasteiger partial charge in [-0.25, -0.2) is 18.0 Å². The smallest absolute Gasteiger partial charge is 0.409 e. The number of ether oxygens (including phenoxy) is 3. The van der Waals surface area contributed by atoms with Crippen LogP contribution in [0.4, 0.5) is 4.79 Å². The van der Waals surface area contributed by atoms with E-state index in [0.717, 1.165) is 0 Å². The Morgan fingerprint density at radius 2 is 1.92 bits per heavy atom. The molecule has 0 spiro atoms. The van der Waals surface area contributed by atoms with Gasteiger partial charge in [-0.3, -0.25) is 5.32 Å². The zero-order valence-corrected chi connectivity index (χ0v) is 21.9. The molecule has 0 aliphatic carbocycles. The van der Waals surface area contributed by atoms with Crippen molar-refractivity contribution in [3.8, 4) is 0 Å². The highest BCUT2D eigenvalue weighted by Crippen LogP contribution is 2.23. The number of amides is 1. The predicted octanol–water partition coefficient (Wildman–Crippen LogP) is 1.37. The number of aliphatic hydroxyl groups is 1. The molecular weight excluding hydrogens is 516 g/mol. The van der Waals surface area contributed by atoms with Crippen LogP contribution in [0.3, 0.4) is 0 Å². The molecule has 0 bridgehead atoms. The summed E-state index contributed by atoms with van der Waals surface area (Å²) in [7, 11) is -4.37. The minimum absolute atomic E-state index is 0.130. The molecule has 13 heteroatoms. The van der Waals surface area contributed by atoms with Crippen molar-refractivity contribution in [3.63, 3.8) is 0 Å². The Hall–Kier alpha value is -3.23. The number of nitrogens with one attached hydrogen (secondary N) is 4. The SMILES string of the molecule is CC(C)OC[C@H](O)[C@@](Cc1ccccc1)(NC(=O)O[C@H]1CCOC1)NS(=O)(=O)c1ccc2[nH]c(=O)[nH]c2c1. The molecule has 1 aliphatic heterocycles. The summed E-state index contributed by atoms with van der Waals surface area (Å²) in [4.78, 5) is 29.6. The average molecular weight is 549 g/mol. The maximum absolute atomic E-state index is 13.7. The van der Waals surface area contributed by atoms with E-state index >= 15 is 0 Å². The number of aromatic nitrogens is 2. The van der Waals surface area contributed by atoms with Crippen molar-refractivity contribution < 1.29 is 32.5 Å². The van der Waals surface area contributed by atoms with Crippen LogP contribution < -0.4 is 15.7 Å². The van der Waals surface area contributed by atoms with Gasteiger partial charge in [0, 0.05) is 12.8 Å². The number of benzene rings is 2. The Morgan fingerprint density at radius 1 is 1.18 bits per heavy atom. The molecule has 5 N–H and O–H groups in total. The lowest BCUT2D eigenvalue weighted by Gasteiger charge is -2.39. The number of carbonyl (C=O) groups excluding carboxylic acids is 1. The number of aromatic amines is 2. The first-order valence-electron chi connectivity index (χ1n) is 12.2. The molecular formula is C25H32N4O8S. The number of hydrogen-bond acceptors (Lipinski definition) is 8. The van der Waals surface area contributed by atoms with Crippen molar-refractivity contribution >= 4 is 27.1 Å². The molecule has 1 amide bonds. The van der Waals surface area contributed by atoms with Crippen LogP contribution in [0.1, 0.15) is 25.8 Å². The van der Waals surface area contributed by atoms with Crippen molar-refractivity contribution in [1.29, 1.82) is 0 Å². The van der Waals surface area contributed by atoms with Crippen LogP contribution in [-0.4, -0.2) is 73.4 Å². The summed E-state index contributed by atoms with van der Waals surface area (Å²) in [5.41, 5.74) is -1.11. The fraction of sp³-hybridized carbons (Fsp3) is 0.440. The zero-order chi connectivity index (χ0) is 27.3. The van der Waals surface area contributed by atoms with E-state index in [0.29, 0.717) is 24.1 Å². The molecule has 0 saturated carbocycles. The lowest BCUT2D eigenvalue weighted by atomic mass is 9.95. The Kier molecular flexibility index (Phi) is 8.53. The van der Waals surface area contributed by atoms with Crippen LogP contribution in [-0.2, 0) is 30.7 Å². The summed E-state index contributed by atoms with van der Waals surface area (Å²) in [6, 6.07) is 12.8. The molecule has 3 atom stereocenters. The monoisotopic (exact) mass is 548 g/mol. The van der Waals surface area contributed by atoms with Crippen molar-refractivity contribution in [2.24, 2.45) is 0 Å². The molecule has 2 heterocycles. The molecule has 4 rings (SSSR count). The minimum atomic E-state index is -4.37. The van der Waals surface area contributed by atoms with Gasteiger partial charge in [0.25, 0.3) is 0 Å². The lowest BCUT2D eigenvalue weighted by molar-refractivity contribution is -0.0430. The third kappa shape index (κ3) is 6.79. The predicted molar refractivity (Wildman–Crippen MR) is 138 cm³/mol. The standard InChI is InChI=1S/C25H32N4O8S/c1-16(2)36-15-22(30)25(13-17-6-4-3-5-7-17,28-24(32)37-18-10-11-35-14-18)29-38(33,34)19-8-9-20-21(12-19)27-23(31)26-20/h3-9,12,16,18,22,29-30H,10-11,13-15H2,1-2H3,(H,28,32)(H2,26,27,31)/t18-,22-,25-/m0/s1. The van der Waals surface area contributed by atoms with Crippen molar-refractivity contribution in [2.45, 2.75) is 55.6 Å². The molecule has 0 unspecified atom stereocenters. The maximum atomic E-state index is 13.7. The van der Waals surface area contributed by atoms with E-state index in [-0.39, 0.29) is 36.2 Å². The van der Waals surface area contributed by atoms with Crippen molar-refractivity contribution in [1.82, 2.24) is 20.0 Å². The number of imidazole rings is 1. The summed E-state index contributed by atoms with van der Waals surface area (Å²) in [6.45, 7) is 3.91. The Morgan fingerprint density at radius 3 is 2.61 bits per heavy atom. The van der Waals surface area contributed by atoms with Gasteiger partial charge < -0.3 is 29.3 Å². The van der Waals surface area contributed by atoms with Gasteiger partial charge in [0.2, 0.25) is 10.0 Å². The van der Waals surface area contributed by atoms with Gasteiger partial charge in [0.05, 0.1) is 41.9 Å². The van der Waals surface area contributed by atoms with Gasteiger partial charge in [-0.15, -0.1) is 0 Å². The summed E-state index contributed by atoms with van der Waals surface area (Å²) < 4.78 is 46.2. The summed E-state index contributed by atoms with van der Waals surface area (Å²) in [5.74, 6) is 0. The highest BCUT2D eigenvalue weighted by molar-refractivity contribution is 7.89. The van der Waals surface area contributed by atoms with Crippen LogP contribution in [0.5, 0.6) is 0 Å². The van der Waals surface area contributed by atoms with Gasteiger partial charge in [-0.05, 0) is 37.6 Å². The van der Waals surface area contributed by atoms with Crippen LogP contribution in [0, 0.1) is 0 Å². The van der Waals surface area contributed by atoms with E-state index in [1.807, 2.05) is 0 Å². The molecule has 38 heavy (non-hydrogen) atoms.